The molecule has 1 heterocycles. The van der Waals surface area contributed by atoms with E-state index >= 15 is 0 Å². The predicted octanol–water partition coefficient (Wildman–Crippen LogP) is 1.96. The summed E-state index contributed by atoms with van der Waals surface area (Å²) in [5.74, 6) is 1.20. The van der Waals surface area contributed by atoms with Gasteiger partial charge in [0.2, 0.25) is 5.91 Å². The van der Waals surface area contributed by atoms with E-state index in [0.29, 0.717) is 12.5 Å². The van der Waals surface area contributed by atoms with Gasteiger partial charge in [-0.2, -0.15) is 0 Å². The Morgan fingerprint density at radius 2 is 2.12 bits per heavy atom. The van der Waals surface area contributed by atoms with E-state index in [0.717, 1.165) is 11.4 Å². The highest BCUT2D eigenvalue weighted by Crippen LogP contribution is 2.06. The molecule has 0 fully saturated rings. The highest BCUT2D eigenvalue weighted by molar-refractivity contribution is 5.83. The molecule has 1 atom stereocenters. The Morgan fingerprint density at radius 3 is 2.71 bits per heavy atom. The highest BCUT2D eigenvalue weighted by Gasteiger charge is 2.12. The molecule has 2 N–H and O–H groups in total. The van der Waals surface area contributed by atoms with Gasteiger partial charge in [0, 0.05) is 12.7 Å². The molecule has 4 heteroatoms. The van der Waals surface area contributed by atoms with E-state index in [2.05, 4.69) is 29.5 Å². The second kappa shape index (κ2) is 6.23. The molecule has 0 spiro atoms. The maximum absolute atomic E-state index is 11.7. The summed E-state index contributed by atoms with van der Waals surface area (Å²) in [6.45, 7) is 8.67. The molecule has 0 saturated heterocycles. The van der Waals surface area contributed by atoms with Gasteiger partial charge >= 0.3 is 0 Å². The Hall–Kier alpha value is -1.58. The molecule has 0 aliphatic heterocycles. The Morgan fingerprint density at radius 1 is 1.41 bits per heavy atom. The SMILES string of the molecule is Cc1ccnc(NC(C)C(=O)NCC(C)C)c1. The number of nitrogens with zero attached hydrogens (tertiary/aromatic N) is 1. The average molecular weight is 235 g/mol. The van der Waals surface area contributed by atoms with Gasteiger partial charge in [0.15, 0.2) is 0 Å². The average Bonchev–Trinajstić information content (AvgIpc) is 2.25. The second-order valence-electron chi connectivity index (χ2n) is 4.72. The minimum Gasteiger partial charge on any atom is -0.359 e. The number of aromatic nitrogens is 1. The first kappa shape index (κ1) is 13.5. The molecule has 0 saturated carbocycles. The lowest BCUT2D eigenvalue weighted by Gasteiger charge is -2.15. The van der Waals surface area contributed by atoms with Crippen LogP contribution < -0.4 is 10.6 Å². The number of aryl methyl sites for hydroxylation is 1. The third-order valence-corrected chi connectivity index (χ3v) is 2.36. The molecule has 0 aliphatic rings. The van der Waals surface area contributed by atoms with Gasteiger partial charge in [-0.25, -0.2) is 4.98 Å². The topological polar surface area (TPSA) is 54.0 Å². The van der Waals surface area contributed by atoms with Crippen LogP contribution in [0.3, 0.4) is 0 Å². The van der Waals surface area contributed by atoms with Crippen LogP contribution >= 0.6 is 0 Å². The Balaban J connectivity index is 2.48. The molecule has 1 rings (SSSR count). The Kier molecular flexibility index (Phi) is 4.94. The van der Waals surface area contributed by atoms with Crippen molar-refractivity contribution in [2.45, 2.75) is 33.7 Å². The van der Waals surface area contributed by atoms with E-state index in [-0.39, 0.29) is 11.9 Å². The molecule has 1 aromatic rings. The van der Waals surface area contributed by atoms with E-state index in [1.807, 2.05) is 26.0 Å². The van der Waals surface area contributed by atoms with Crippen molar-refractivity contribution in [3.63, 3.8) is 0 Å². The van der Waals surface area contributed by atoms with Crippen molar-refractivity contribution in [2.75, 3.05) is 11.9 Å². The summed E-state index contributed by atoms with van der Waals surface area (Å²) in [4.78, 5) is 15.9. The van der Waals surface area contributed by atoms with Crippen LogP contribution in [0.4, 0.5) is 5.82 Å². The number of carbonyl (C=O) groups excluding carboxylic acids is 1. The quantitative estimate of drug-likeness (QED) is 0.820. The van der Waals surface area contributed by atoms with Crippen LogP contribution in [0.25, 0.3) is 0 Å². The first-order valence-corrected chi connectivity index (χ1v) is 5.96. The predicted molar refractivity (Wildman–Crippen MR) is 69.9 cm³/mol. The molecule has 0 aliphatic carbocycles. The fraction of sp³-hybridized carbons (Fsp3) is 0.538. The largest absolute Gasteiger partial charge is 0.359 e. The molecule has 1 amide bonds. The van der Waals surface area contributed by atoms with Gasteiger partial charge in [-0.1, -0.05) is 13.8 Å². The third-order valence-electron chi connectivity index (χ3n) is 2.36. The number of carbonyl (C=O) groups is 1. The van der Waals surface area contributed by atoms with E-state index in [9.17, 15) is 4.79 Å². The number of pyridine rings is 1. The van der Waals surface area contributed by atoms with E-state index < -0.39 is 0 Å². The minimum atomic E-state index is -0.275. The van der Waals surface area contributed by atoms with Gasteiger partial charge in [-0.3, -0.25) is 4.79 Å². The standard InChI is InChI=1S/C13H21N3O/c1-9(2)8-15-13(17)11(4)16-12-7-10(3)5-6-14-12/h5-7,9,11H,8H2,1-4H3,(H,14,16)(H,15,17). The maximum atomic E-state index is 11.7. The molecule has 94 valence electrons. The zero-order chi connectivity index (χ0) is 12.8. The number of amides is 1. The molecule has 1 aromatic heterocycles. The van der Waals surface area contributed by atoms with Crippen LogP contribution in [0.1, 0.15) is 26.3 Å². The van der Waals surface area contributed by atoms with Crippen LogP contribution in [-0.2, 0) is 4.79 Å². The van der Waals surface area contributed by atoms with Crippen LogP contribution in [0, 0.1) is 12.8 Å². The van der Waals surface area contributed by atoms with Crippen molar-refractivity contribution >= 4 is 11.7 Å². The number of nitrogens with one attached hydrogen (secondary N) is 2. The lowest BCUT2D eigenvalue weighted by molar-refractivity contribution is -0.121. The molecule has 0 radical (unpaired) electrons. The van der Waals surface area contributed by atoms with Gasteiger partial charge in [-0.15, -0.1) is 0 Å². The molecular formula is C13H21N3O. The van der Waals surface area contributed by atoms with E-state index in [1.54, 1.807) is 6.20 Å². The monoisotopic (exact) mass is 235 g/mol. The molecule has 0 bridgehead atoms. The van der Waals surface area contributed by atoms with Crippen molar-refractivity contribution < 1.29 is 4.79 Å². The fourth-order valence-corrected chi connectivity index (χ4v) is 1.36. The smallest absolute Gasteiger partial charge is 0.242 e. The van der Waals surface area contributed by atoms with Crippen LogP contribution in [0.5, 0.6) is 0 Å². The molecule has 17 heavy (non-hydrogen) atoms. The molecular weight excluding hydrogens is 214 g/mol. The molecule has 1 unspecified atom stereocenters. The fourth-order valence-electron chi connectivity index (χ4n) is 1.36. The number of rotatable bonds is 5. The van der Waals surface area contributed by atoms with E-state index in [4.69, 9.17) is 0 Å². The minimum absolute atomic E-state index is 0.00186. The number of anilines is 1. The first-order chi connectivity index (χ1) is 7.99. The maximum Gasteiger partial charge on any atom is 0.242 e. The van der Waals surface area contributed by atoms with E-state index in [1.165, 1.54) is 0 Å². The van der Waals surface area contributed by atoms with Crippen molar-refractivity contribution in [3.8, 4) is 0 Å². The van der Waals surface area contributed by atoms with Crippen LogP contribution in [-0.4, -0.2) is 23.5 Å². The van der Waals surface area contributed by atoms with Crippen molar-refractivity contribution in [3.05, 3.63) is 23.9 Å². The second-order valence-corrected chi connectivity index (χ2v) is 4.72. The van der Waals surface area contributed by atoms with Gasteiger partial charge in [0.25, 0.3) is 0 Å². The summed E-state index contributed by atoms with van der Waals surface area (Å²) in [7, 11) is 0. The summed E-state index contributed by atoms with van der Waals surface area (Å²) < 4.78 is 0. The molecule has 4 nitrogen and oxygen atoms in total. The summed E-state index contributed by atoms with van der Waals surface area (Å²) >= 11 is 0. The lowest BCUT2D eigenvalue weighted by atomic mass is 10.2. The van der Waals surface area contributed by atoms with Gasteiger partial charge in [0.1, 0.15) is 11.9 Å². The Labute approximate surface area is 103 Å². The van der Waals surface area contributed by atoms with Crippen molar-refractivity contribution in [1.82, 2.24) is 10.3 Å². The summed E-state index contributed by atoms with van der Waals surface area (Å²) in [5.41, 5.74) is 1.12. The number of hydrogen-bond donors (Lipinski definition) is 2. The van der Waals surface area contributed by atoms with Crippen molar-refractivity contribution in [1.29, 1.82) is 0 Å². The first-order valence-electron chi connectivity index (χ1n) is 5.96. The van der Waals surface area contributed by atoms with Crippen LogP contribution in [0.15, 0.2) is 18.3 Å². The molecule has 0 aromatic carbocycles. The summed E-state index contributed by atoms with van der Waals surface area (Å²) in [6, 6.07) is 3.57. The van der Waals surface area contributed by atoms with Gasteiger partial charge < -0.3 is 10.6 Å². The summed E-state index contributed by atoms with van der Waals surface area (Å²) in [6.07, 6.45) is 1.73. The van der Waals surface area contributed by atoms with Crippen molar-refractivity contribution in [2.24, 2.45) is 5.92 Å². The summed E-state index contributed by atoms with van der Waals surface area (Å²) in [5, 5.41) is 5.97. The zero-order valence-corrected chi connectivity index (χ0v) is 10.9. The lowest BCUT2D eigenvalue weighted by Crippen LogP contribution is -2.39. The zero-order valence-electron chi connectivity index (χ0n) is 10.9. The van der Waals surface area contributed by atoms with Crippen LogP contribution in [0.2, 0.25) is 0 Å². The number of hydrogen-bond acceptors (Lipinski definition) is 3. The third kappa shape index (κ3) is 4.85. The van der Waals surface area contributed by atoms with Gasteiger partial charge in [-0.05, 0) is 37.5 Å². The highest BCUT2D eigenvalue weighted by atomic mass is 16.2. The Bertz CT molecular complexity index is 377. The normalized spacial score (nSPS) is 12.3. The van der Waals surface area contributed by atoms with Gasteiger partial charge in [0.05, 0.1) is 0 Å².